The fourth-order valence-corrected chi connectivity index (χ4v) is 3.16. The average molecular weight is 374 g/mol. The molecule has 1 aromatic rings. The average Bonchev–Trinajstić information content (AvgIpc) is 2.61. The Morgan fingerprint density at radius 2 is 2.17 bits per heavy atom. The first kappa shape index (κ1) is 13.9. The van der Waals surface area contributed by atoms with Crippen LogP contribution in [0.5, 0.6) is 0 Å². The van der Waals surface area contributed by atoms with Gasteiger partial charge in [-0.15, -0.1) is 0 Å². The molecule has 0 saturated heterocycles. The predicted octanol–water partition coefficient (Wildman–Crippen LogP) is 3.21. The van der Waals surface area contributed by atoms with Crippen molar-refractivity contribution in [2.45, 2.75) is 32.1 Å². The maximum absolute atomic E-state index is 12.2. The van der Waals surface area contributed by atoms with Crippen LogP contribution in [0.1, 0.15) is 29.8 Å². The Hall–Kier alpha value is -0.560. The Balaban J connectivity index is 2.14. The number of aliphatic imine (C=N–C) groups is 1. The summed E-state index contributed by atoms with van der Waals surface area (Å²) in [5.41, 5.74) is 1.73. The van der Waals surface area contributed by atoms with Gasteiger partial charge in [-0.3, -0.25) is 9.79 Å². The Morgan fingerprint density at radius 1 is 1.44 bits per heavy atom. The van der Waals surface area contributed by atoms with Crippen LogP contribution >= 0.6 is 34.4 Å². The summed E-state index contributed by atoms with van der Waals surface area (Å²) in [6.07, 6.45) is 0. The minimum Gasteiger partial charge on any atom is -0.301 e. The van der Waals surface area contributed by atoms with Crippen molar-refractivity contribution in [3.63, 3.8) is 0 Å². The van der Waals surface area contributed by atoms with E-state index in [1.807, 2.05) is 25.1 Å². The van der Waals surface area contributed by atoms with E-state index in [1.54, 1.807) is 11.8 Å². The largest absolute Gasteiger partial charge is 0.301 e. The molecular weight excluding hydrogens is 359 g/mol. The number of hydrogen-bond donors (Lipinski definition) is 1. The van der Waals surface area contributed by atoms with Gasteiger partial charge in [0.15, 0.2) is 5.17 Å². The standard InChI is InChI=1S/C13H15IN2OS/c1-7-10(5-4-6-11(7)14)12(17)16-13-15-8(2)9(3)18-13/h4-6,8-9H,1-3H3,(H,15,16,17). The zero-order valence-electron chi connectivity index (χ0n) is 10.5. The van der Waals surface area contributed by atoms with Gasteiger partial charge in [0.1, 0.15) is 0 Å². The quantitative estimate of drug-likeness (QED) is 0.767. The van der Waals surface area contributed by atoms with E-state index in [-0.39, 0.29) is 11.9 Å². The lowest BCUT2D eigenvalue weighted by Gasteiger charge is -2.08. The van der Waals surface area contributed by atoms with Crippen molar-refractivity contribution in [1.82, 2.24) is 5.32 Å². The van der Waals surface area contributed by atoms with Gasteiger partial charge in [0.25, 0.3) is 5.91 Å². The molecule has 2 unspecified atom stereocenters. The third kappa shape index (κ3) is 2.88. The van der Waals surface area contributed by atoms with Crippen molar-refractivity contribution < 1.29 is 4.79 Å². The molecule has 1 aromatic carbocycles. The first-order chi connectivity index (χ1) is 8.49. The van der Waals surface area contributed by atoms with Crippen molar-refractivity contribution in [3.8, 4) is 0 Å². The Kier molecular flexibility index (Phi) is 4.32. The molecule has 1 aliphatic heterocycles. The predicted molar refractivity (Wildman–Crippen MR) is 85.3 cm³/mol. The van der Waals surface area contributed by atoms with E-state index in [0.29, 0.717) is 5.25 Å². The van der Waals surface area contributed by atoms with Crippen LogP contribution in [0.25, 0.3) is 0 Å². The minimum atomic E-state index is -0.0708. The van der Waals surface area contributed by atoms with Crippen LogP contribution in [0, 0.1) is 10.5 Å². The number of rotatable bonds is 1. The maximum Gasteiger partial charge on any atom is 0.257 e. The molecule has 3 nitrogen and oxygen atoms in total. The second-order valence-corrected chi connectivity index (χ2v) is 6.89. The number of nitrogens with one attached hydrogen (secondary N) is 1. The normalized spacial score (nSPS) is 22.8. The van der Waals surface area contributed by atoms with Crippen molar-refractivity contribution in [3.05, 3.63) is 32.9 Å². The van der Waals surface area contributed by atoms with Gasteiger partial charge < -0.3 is 5.32 Å². The Morgan fingerprint density at radius 3 is 2.78 bits per heavy atom. The molecular formula is C13H15IN2OS. The van der Waals surface area contributed by atoms with E-state index in [0.717, 1.165) is 19.9 Å². The molecule has 1 N–H and O–H groups in total. The lowest BCUT2D eigenvalue weighted by atomic mass is 10.1. The molecule has 0 radical (unpaired) electrons. The number of carbonyl (C=O) groups is 1. The summed E-state index contributed by atoms with van der Waals surface area (Å²) < 4.78 is 1.10. The topological polar surface area (TPSA) is 41.5 Å². The highest BCUT2D eigenvalue weighted by Gasteiger charge is 2.24. The van der Waals surface area contributed by atoms with Crippen LogP contribution in [0.2, 0.25) is 0 Å². The van der Waals surface area contributed by atoms with Crippen LogP contribution in [0.15, 0.2) is 23.2 Å². The number of amidine groups is 1. The van der Waals surface area contributed by atoms with Crippen LogP contribution in [0.4, 0.5) is 0 Å². The second-order valence-electron chi connectivity index (χ2n) is 4.36. The van der Waals surface area contributed by atoms with Crippen LogP contribution in [0.3, 0.4) is 0 Å². The number of amides is 1. The molecule has 1 amide bonds. The highest BCUT2D eigenvalue weighted by molar-refractivity contribution is 14.1. The van der Waals surface area contributed by atoms with Crippen molar-refractivity contribution in [1.29, 1.82) is 0 Å². The lowest BCUT2D eigenvalue weighted by Crippen LogP contribution is -2.28. The van der Waals surface area contributed by atoms with Gasteiger partial charge in [-0.05, 0) is 54.1 Å². The lowest BCUT2D eigenvalue weighted by molar-refractivity contribution is 0.0977. The monoisotopic (exact) mass is 374 g/mol. The summed E-state index contributed by atoms with van der Waals surface area (Å²) in [7, 11) is 0. The Bertz CT molecular complexity index is 516. The van der Waals surface area contributed by atoms with Gasteiger partial charge in [0.05, 0.1) is 6.04 Å². The number of thioether (sulfide) groups is 1. The van der Waals surface area contributed by atoms with E-state index in [2.05, 4.69) is 46.7 Å². The van der Waals surface area contributed by atoms with E-state index >= 15 is 0 Å². The molecule has 5 heteroatoms. The SMILES string of the molecule is Cc1c(I)cccc1C(=O)NC1=NC(C)C(C)S1. The van der Waals surface area contributed by atoms with Crippen molar-refractivity contribution in [2.24, 2.45) is 4.99 Å². The Labute approximate surface area is 125 Å². The molecule has 0 spiro atoms. The van der Waals surface area contributed by atoms with Crippen molar-refractivity contribution >= 4 is 45.4 Å². The molecule has 96 valence electrons. The van der Waals surface area contributed by atoms with Crippen LogP contribution in [-0.4, -0.2) is 22.4 Å². The third-order valence-electron chi connectivity index (χ3n) is 3.03. The molecule has 0 bridgehead atoms. The van der Waals surface area contributed by atoms with Gasteiger partial charge in [0, 0.05) is 14.4 Å². The summed E-state index contributed by atoms with van der Waals surface area (Å²) in [5, 5.41) is 4.06. The summed E-state index contributed by atoms with van der Waals surface area (Å²) in [4.78, 5) is 16.6. The highest BCUT2D eigenvalue weighted by atomic mass is 127. The maximum atomic E-state index is 12.2. The summed E-state index contributed by atoms with van der Waals surface area (Å²) in [6.45, 7) is 6.15. The molecule has 0 fully saturated rings. The number of halogens is 1. The van der Waals surface area contributed by atoms with Crippen LogP contribution in [-0.2, 0) is 0 Å². The first-order valence-corrected chi connectivity index (χ1v) is 7.76. The van der Waals surface area contributed by atoms with Crippen LogP contribution < -0.4 is 5.32 Å². The summed E-state index contributed by atoms with van der Waals surface area (Å²) in [6, 6.07) is 6.01. The molecule has 1 heterocycles. The molecule has 2 rings (SSSR count). The number of benzene rings is 1. The molecule has 0 saturated carbocycles. The fraction of sp³-hybridized carbons (Fsp3) is 0.385. The van der Waals surface area contributed by atoms with Gasteiger partial charge in [-0.1, -0.05) is 24.8 Å². The zero-order valence-corrected chi connectivity index (χ0v) is 13.5. The van der Waals surface area contributed by atoms with Gasteiger partial charge >= 0.3 is 0 Å². The number of nitrogens with zero attached hydrogens (tertiary/aromatic N) is 1. The highest BCUT2D eigenvalue weighted by Crippen LogP contribution is 2.25. The molecule has 0 aliphatic carbocycles. The third-order valence-corrected chi connectivity index (χ3v) is 5.40. The van der Waals surface area contributed by atoms with E-state index in [4.69, 9.17) is 0 Å². The van der Waals surface area contributed by atoms with E-state index in [1.165, 1.54) is 0 Å². The smallest absolute Gasteiger partial charge is 0.257 e. The molecule has 2 atom stereocenters. The first-order valence-electron chi connectivity index (χ1n) is 5.80. The molecule has 0 aromatic heterocycles. The van der Waals surface area contributed by atoms with E-state index in [9.17, 15) is 4.79 Å². The van der Waals surface area contributed by atoms with Gasteiger partial charge in [-0.2, -0.15) is 0 Å². The summed E-state index contributed by atoms with van der Waals surface area (Å²) in [5.74, 6) is -0.0708. The fourth-order valence-electron chi connectivity index (χ4n) is 1.67. The van der Waals surface area contributed by atoms with E-state index < -0.39 is 0 Å². The second kappa shape index (κ2) is 5.61. The van der Waals surface area contributed by atoms with Gasteiger partial charge in [0.2, 0.25) is 0 Å². The number of hydrogen-bond acceptors (Lipinski definition) is 3. The molecule has 18 heavy (non-hydrogen) atoms. The molecule has 1 aliphatic rings. The van der Waals surface area contributed by atoms with Gasteiger partial charge in [-0.25, -0.2) is 0 Å². The zero-order chi connectivity index (χ0) is 13.3. The summed E-state index contributed by atoms with van der Waals surface area (Å²) >= 11 is 3.86. The van der Waals surface area contributed by atoms with Crippen molar-refractivity contribution in [2.75, 3.05) is 0 Å². The number of carbonyl (C=O) groups excluding carboxylic acids is 1. The minimum absolute atomic E-state index is 0.0708.